The maximum atomic E-state index is 11.1. The summed E-state index contributed by atoms with van der Waals surface area (Å²) in [4.78, 5) is 11.1. The lowest BCUT2D eigenvalue weighted by Gasteiger charge is -2.18. The fourth-order valence-electron chi connectivity index (χ4n) is 0.681. The number of alkyl carbamates (subject to hydrolysis) is 1. The first-order valence-corrected chi connectivity index (χ1v) is 6.69. The van der Waals surface area contributed by atoms with Gasteiger partial charge in [0, 0.05) is 0 Å². The fourth-order valence-corrected chi connectivity index (χ4v) is 0.954. The van der Waals surface area contributed by atoms with Crippen LogP contribution in [0.3, 0.4) is 0 Å². The van der Waals surface area contributed by atoms with Crippen LogP contribution < -0.4 is 5.32 Å². The van der Waals surface area contributed by atoms with Crippen molar-refractivity contribution in [1.29, 1.82) is 0 Å². The average Bonchev–Trinajstić information content (AvgIpc) is 2.06. The minimum Gasteiger partial charge on any atom is -0.444 e. The lowest BCUT2D eigenvalue weighted by molar-refractivity contribution is 0.0535. The van der Waals surface area contributed by atoms with Gasteiger partial charge in [0.05, 0.1) is 12.8 Å². The van der Waals surface area contributed by atoms with Crippen molar-refractivity contribution in [2.75, 3.05) is 19.4 Å². The standard InChI is InChI=1S/C10H17NO5S/c1-10(2,3)16-9(12)11-7-5-6-8-15-17(4,13)14/h7-8H2,1-4H3,(H,11,12). The van der Waals surface area contributed by atoms with E-state index in [2.05, 4.69) is 21.3 Å². The molecule has 0 aliphatic carbocycles. The quantitative estimate of drug-likeness (QED) is 0.592. The van der Waals surface area contributed by atoms with Gasteiger partial charge in [-0.05, 0) is 20.8 Å². The molecule has 98 valence electrons. The van der Waals surface area contributed by atoms with Crippen LogP contribution in [0, 0.1) is 11.8 Å². The largest absolute Gasteiger partial charge is 0.444 e. The highest BCUT2D eigenvalue weighted by Gasteiger charge is 2.14. The molecule has 0 radical (unpaired) electrons. The predicted molar refractivity (Wildman–Crippen MR) is 62.8 cm³/mol. The van der Waals surface area contributed by atoms with Crippen molar-refractivity contribution in [3.8, 4) is 11.8 Å². The van der Waals surface area contributed by atoms with Crippen LogP contribution >= 0.6 is 0 Å². The summed E-state index contributed by atoms with van der Waals surface area (Å²) in [5.74, 6) is 4.96. The zero-order valence-corrected chi connectivity index (χ0v) is 11.2. The Morgan fingerprint density at radius 1 is 1.29 bits per heavy atom. The van der Waals surface area contributed by atoms with E-state index in [1.165, 1.54) is 0 Å². The minimum absolute atomic E-state index is 0.0715. The monoisotopic (exact) mass is 263 g/mol. The van der Waals surface area contributed by atoms with E-state index in [9.17, 15) is 13.2 Å². The topological polar surface area (TPSA) is 81.7 Å². The lowest BCUT2D eigenvalue weighted by Crippen LogP contribution is -2.32. The number of rotatable bonds is 3. The van der Waals surface area contributed by atoms with Crippen LogP contribution in [0.4, 0.5) is 4.79 Å². The van der Waals surface area contributed by atoms with Crippen LogP contribution in [-0.4, -0.2) is 39.5 Å². The lowest BCUT2D eigenvalue weighted by atomic mass is 10.2. The predicted octanol–water partition coefficient (Wildman–Crippen LogP) is 0.491. The summed E-state index contributed by atoms with van der Waals surface area (Å²) in [5.41, 5.74) is -0.559. The summed E-state index contributed by atoms with van der Waals surface area (Å²) in [6.45, 7) is 5.09. The molecule has 1 amide bonds. The number of ether oxygens (including phenoxy) is 1. The second-order valence-corrected chi connectivity index (χ2v) is 5.82. The highest BCUT2D eigenvalue weighted by Crippen LogP contribution is 2.05. The van der Waals surface area contributed by atoms with Gasteiger partial charge in [-0.3, -0.25) is 4.18 Å². The van der Waals surface area contributed by atoms with E-state index in [0.717, 1.165) is 6.26 Å². The van der Waals surface area contributed by atoms with Gasteiger partial charge in [0.25, 0.3) is 10.1 Å². The third kappa shape index (κ3) is 12.7. The number of amides is 1. The summed E-state index contributed by atoms with van der Waals surface area (Å²) < 4.78 is 30.4. The second-order valence-electron chi connectivity index (χ2n) is 4.18. The van der Waals surface area contributed by atoms with Crippen LogP contribution in [-0.2, 0) is 19.0 Å². The molecule has 7 heteroatoms. The van der Waals surface area contributed by atoms with Crippen LogP contribution in [0.1, 0.15) is 20.8 Å². The molecule has 0 atom stereocenters. The van der Waals surface area contributed by atoms with Crippen molar-refractivity contribution in [3.05, 3.63) is 0 Å². The molecule has 0 bridgehead atoms. The molecular weight excluding hydrogens is 246 g/mol. The Morgan fingerprint density at radius 2 is 1.88 bits per heavy atom. The van der Waals surface area contributed by atoms with Crippen LogP contribution in [0.15, 0.2) is 0 Å². The molecule has 0 aliphatic rings. The molecule has 0 aromatic rings. The van der Waals surface area contributed by atoms with Crippen molar-refractivity contribution in [1.82, 2.24) is 5.32 Å². The smallest absolute Gasteiger partial charge is 0.408 e. The molecule has 17 heavy (non-hydrogen) atoms. The van der Waals surface area contributed by atoms with Crippen molar-refractivity contribution >= 4 is 16.2 Å². The van der Waals surface area contributed by atoms with Crippen molar-refractivity contribution in [2.24, 2.45) is 0 Å². The van der Waals surface area contributed by atoms with Gasteiger partial charge >= 0.3 is 6.09 Å². The zero-order chi connectivity index (χ0) is 13.5. The zero-order valence-electron chi connectivity index (χ0n) is 10.4. The third-order valence-corrected chi connectivity index (χ3v) is 1.74. The molecule has 1 N–H and O–H groups in total. The van der Waals surface area contributed by atoms with Crippen molar-refractivity contribution in [3.63, 3.8) is 0 Å². The van der Waals surface area contributed by atoms with Gasteiger partial charge in [-0.15, -0.1) is 0 Å². The Bertz CT molecular complexity index is 410. The summed E-state index contributed by atoms with van der Waals surface area (Å²) in [6.07, 6.45) is 0.365. The first-order chi connectivity index (χ1) is 7.60. The Labute approximate surface area is 102 Å². The molecule has 0 rings (SSSR count). The minimum atomic E-state index is -3.47. The maximum absolute atomic E-state index is 11.1. The number of carbonyl (C=O) groups excluding carboxylic acids is 1. The third-order valence-electron chi connectivity index (χ3n) is 1.19. The summed E-state index contributed by atoms with van der Waals surface area (Å²) in [6, 6.07) is 0. The van der Waals surface area contributed by atoms with Gasteiger partial charge in [0.15, 0.2) is 0 Å². The van der Waals surface area contributed by atoms with Crippen LogP contribution in [0.25, 0.3) is 0 Å². The number of nitrogens with one attached hydrogen (secondary N) is 1. The van der Waals surface area contributed by atoms with Crippen LogP contribution in [0.5, 0.6) is 0 Å². The number of hydrogen-bond acceptors (Lipinski definition) is 5. The Hall–Kier alpha value is -1.26. The molecule has 0 saturated heterocycles. The molecule has 0 aromatic carbocycles. The summed E-state index contributed by atoms with van der Waals surface area (Å²) in [7, 11) is -3.47. The number of hydrogen-bond donors (Lipinski definition) is 1. The van der Waals surface area contributed by atoms with E-state index < -0.39 is 21.8 Å². The van der Waals surface area contributed by atoms with Gasteiger partial charge < -0.3 is 10.1 Å². The van der Waals surface area contributed by atoms with E-state index in [4.69, 9.17) is 4.74 Å². The highest BCUT2D eigenvalue weighted by molar-refractivity contribution is 7.85. The van der Waals surface area contributed by atoms with Crippen molar-refractivity contribution < 1.29 is 22.1 Å². The van der Waals surface area contributed by atoms with E-state index in [1.54, 1.807) is 20.8 Å². The van der Waals surface area contributed by atoms with Gasteiger partial charge in [-0.1, -0.05) is 11.8 Å². The Balaban J connectivity index is 3.78. The molecule has 0 aromatic heterocycles. The maximum Gasteiger partial charge on any atom is 0.408 e. The molecular formula is C10H17NO5S. The molecule has 0 heterocycles. The first kappa shape index (κ1) is 15.7. The summed E-state index contributed by atoms with van der Waals surface area (Å²) >= 11 is 0. The van der Waals surface area contributed by atoms with E-state index in [0.29, 0.717) is 0 Å². The van der Waals surface area contributed by atoms with E-state index >= 15 is 0 Å². The van der Waals surface area contributed by atoms with Gasteiger partial charge in [-0.25, -0.2) is 4.79 Å². The van der Waals surface area contributed by atoms with Crippen molar-refractivity contribution in [2.45, 2.75) is 26.4 Å². The van der Waals surface area contributed by atoms with Gasteiger partial charge in [0.1, 0.15) is 12.2 Å². The molecule has 0 fully saturated rings. The molecule has 0 spiro atoms. The second kappa shape index (κ2) is 6.47. The Kier molecular flexibility index (Phi) is 5.99. The molecule has 0 unspecified atom stereocenters. The Morgan fingerprint density at radius 3 is 2.35 bits per heavy atom. The number of carbonyl (C=O) groups is 1. The van der Waals surface area contributed by atoms with Gasteiger partial charge in [0.2, 0.25) is 0 Å². The molecule has 6 nitrogen and oxygen atoms in total. The molecule has 0 saturated carbocycles. The SMILES string of the molecule is CC(C)(C)OC(=O)NCC#CCOS(C)(=O)=O. The average molecular weight is 263 g/mol. The first-order valence-electron chi connectivity index (χ1n) is 4.87. The molecule has 0 aliphatic heterocycles. The normalized spacial score (nSPS) is 11.3. The summed E-state index contributed by atoms with van der Waals surface area (Å²) in [5, 5.41) is 2.40. The highest BCUT2D eigenvalue weighted by atomic mass is 32.2. The van der Waals surface area contributed by atoms with E-state index in [1.807, 2.05) is 0 Å². The fraction of sp³-hybridized carbons (Fsp3) is 0.700. The van der Waals surface area contributed by atoms with Crippen LogP contribution in [0.2, 0.25) is 0 Å². The van der Waals surface area contributed by atoms with E-state index in [-0.39, 0.29) is 13.2 Å². The van der Waals surface area contributed by atoms with Gasteiger partial charge in [-0.2, -0.15) is 8.42 Å².